The van der Waals surface area contributed by atoms with Crippen LogP contribution in [0.4, 0.5) is 0 Å². The van der Waals surface area contributed by atoms with Gasteiger partial charge in [0.15, 0.2) is 0 Å². The van der Waals surface area contributed by atoms with E-state index >= 15 is 0 Å². The summed E-state index contributed by atoms with van der Waals surface area (Å²) in [5.74, 6) is 0.561. The van der Waals surface area contributed by atoms with Gasteiger partial charge in [-0.1, -0.05) is 0 Å². The zero-order chi connectivity index (χ0) is 26.6. The van der Waals surface area contributed by atoms with Crippen LogP contribution in [0, 0.1) is 39.0 Å². The van der Waals surface area contributed by atoms with Crippen LogP contribution in [-0.4, -0.2) is 3.21 Å². The number of aryl methyl sites for hydroxylation is 3. The molecule has 0 spiro atoms. The normalized spacial score (nSPS) is 15.9. The number of benzene rings is 3. The Morgan fingerprint density at radius 1 is 0.872 bits per heavy atom. The van der Waals surface area contributed by atoms with E-state index < -0.39 is 21.3 Å². The van der Waals surface area contributed by atoms with E-state index in [9.17, 15) is 0 Å². The fraction of sp³-hybridized carbons (Fsp3) is 0.361. The summed E-state index contributed by atoms with van der Waals surface area (Å²) in [6.07, 6.45) is 7.53. The van der Waals surface area contributed by atoms with Crippen LogP contribution >= 0.6 is 0 Å². The minimum Gasteiger partial charge on any atom is -1.00 e. The van der Waals surface area contributed by atoms with Gasteiger partial charge in [-0.2, -0.15) is 0 Å². The molecule has 5 rings (SSSR count). The molecule has 0 heterocycles. The van der Waals surface area contributed by atoms with Gasteiger partial charge in [0.05, 0.1) is 0 Å². The second kappa shape index (κ2) is 12.1. The van der Waals surface area contributed by atoms with Crippen molar-refractivity contribution in [2.24, 2.45) is 11.3 Å². The number of fused-ring (bicyclic) bond motifs is 3. The Bertz CT molecular complexity index is 1500. The third-order valence-electron chi connectivity index (χ3n) is 8.85. The van der Waals surface area contributed by atoms with E-state index in [4.69, 9.17) is 0 Å². The number of rotatable bonds is 4. The molecule has 1 unspecified atom stereocenters. The van der Waals surface area contributed by atoms with Gasteiger partial charge >= 0.3 is 234 Å². The zero-order valence-corrected chi connectivity index (χ0v) is 29.0. The molecule has 0 fully saturated rings. The van der Waals surface area contributed by atoms with Crippen molar-refractivity contribution in [2.75, 3.05) is 0 Å². The fourth-order valence-corrected chi connectivity index (χ4v) is 15.1. The minimum absolute atomic E-state index is 0. The van der Waals surface area contributed by atoms with E-state index in [1.54, 1.807) is 20.9 Å². The summed E-state index contributed by atoms with van der Waals surface area (Å²) in [4.78, 5) is 0. The molecule has 0 amide bonds. The zero-order valence-electron chi connectivity index (χ0n) is 25.0. The number of hydrogen-bond acceptors (Lipinski definition) is 0. The Morgan fingerprint density at radius 2 is 1.49 bits per heavy atom. The maximum absolute atomic E-state index is 2.65. The Kier molecular flexibility index (Phi) is 9.96. The van der Waals surface area contributed by atoms with Crippen LogP contribution < -0.4 is 28.1 Å². The molecule has 0 aliphatic heterocycles. The van der Waals surface area contributed by atoms with Crippen molar-refractivity contribution >= 4 is 6.48 Å². The van der Waals surface area contributed by atoms with Crippen molar-refractivity contribution in [1.82, 2.24) is 0 Å². The first-order valence-electron chi connectivity index (χ1n) is 14.0. The fourth-order valence-electron chi connectivity index (χ4n) is 6.27. The Labute approximate surface area is 257 Å². The van der Waals surface area contributed by atoms with Gasteiger partial charge < -0.3 is 24.8 Å². The van der Waals surface area contributed by atoms with Crippen LogP contribution in [0.5, 0.6) is 0 Å². The quantitative estimate of drug-likeness (QED) is 0.324. The molecule has 0 radical (unpaired) electrons. The standard InChI is InChI=1S/C17H17.C11H17.C8H8.2ClH.Zr/c1-10-5-14-9-15-6-11(2)13(4)8-17(15)16(14)7-12(10)3;1-5-9-6-7-10(8-9)11(2,3)4;1-2-8-6-4-3-5-7-8;;;/h5,7-8H,9H2,1-4H3;7-9H,5H2,1-4H3;3-7H,1H3;2*1H;/q;;;;;+2/p-2. The molecule has 0 saturated carbocycles. The Balaban J connectivity index is 0.00000210. The maximum atomic E-state index is 2.65. The molecule has 3 heteroatoms. The Hall–Kier alpha value is -1.53. The van der Waals surface area contributed by atoms with Gasteiger partial charge in [0.1, 0.15) is 0 Å². The summed E-state index contributed by atoms with van der Waals surface area (Å²) in [7, 11) is 0. The average molecular weight is 637 g/mol. The van der Waals surface area contributed by atoms with Crippen LogP contribution in [0.15, 0.2) is 69.5 Å². The number of hydrogen-bond donors (Lipinski definition) is 0. The Morgan fingerprint density at radius 3 is 2.10 bits per heavy atom. The smallest absolute Gasteiger partial charge is 1.00 e. The largest absolute Gasteiger partial charge is 1.00 e. The van der Waals surface area contributed by atoms with Gasteiger partial charge in [-0.3, -0.25) is 0 Å². The van der Waals surface area contributed by atoms with Crippen molar-refractivity contribution in [3.05, 3.63) is 108 Å². The van der Waals surface area contributed by atoms with Crippen LogP contribution in [0.2, 0.25) is 0 Å². The van der Waals surface area contributed by atoms with Gasteiger partial charge in [-0.05, 0) is 0 Å². The molecule has 2 aliphatic carbocycles. The first kappa shape index (κ1) is 32.0. The SMILES string of the molecule is CCC1C=C(C(C)(C)C)C=[C]1/[Zr+2](=[C](\C)c1ccccc1)[c]1c(C)c(C)cc2c1Cc1cc(C)c(C)cc1-2.[Cl-].[Cl-]. The van der Waals surface area contributed by atoms with E-state index in [0.717, 1.165) is 6.42 Å². The molecule has 0 nitrogen and oxygen atoms in total. The molecule has 2 aliphatic rings. The molecular weight excluding hydrogens is 595 g/mol. The van der Waals surface area contributed by atoms with E-state index in [-0.39, 0.29) is 30.2 Å². The van der Waals surface area contributed by atoms with Crippen LogP contribution in [0.3, 0.4) is 0 Å². The van der Waals surface area contributed by atoms with Gasteiger partial charge in [0.25, 0.3) is 0 Å². The molecule has 0 N–H and O–H groups in total. The average Bonchev–Trinajstić information content (AvgIpc) is 3.44. The van der Waals surface area contributed by atoms with Crippen LogP contribution in [-0.2, 0) is 27.7 Å². The number of halogens is 2. The second-order valence-corrected chi connectivity index (χ2v) is 18.7. The van der Waals surface area contributed by atoms with Crippen molar-refractivity contribution in [1.29, 1.82) is 0 Å². The molecule has 0 bridgehead atoms. The van der Waals surface area contributed by atoms with Gasteiger partial charge in [0.2, 0.25) is 0 Å². The molecule has 1 atom stereocenters. The van der Waals surface area contributed by atoms with Crippen molar-refractivity contribution < 1.29 is 46.1 Å². The molecule has 204 valence electrons. The molecule has 39 heavy (non-hydrogen) atoms. The summed E-state index contributed by atoms with van der Waals surface area (Å²) in [6, 6.07) is 18.7. The molecule has 3 aromatic rings. The number of allylic oxidation sites excluding steroid dienone is 4. The van der Waals surface area contributed by atoms with Crippen molar-refractivity contribution in [3.8, 4) is 11.1 Å². The van der Waals surface area contributed by atoms with Gasteiger partial charge in [0, 0.05) is 0 Å². The maximum Gasteiger partial charge on any atom is -1.00 e. The van der Waals surface area contributed by atoms with E-state index in [2.05, 4.69) is 123 Å². The summed E-state index contributed by atoms with van der Waals surface area (Å²) in [5.41, 5.74) is 15.1. The molecule has 3 aromatic carbocycles. The van der Waals surface area contributed by atoms with Crippen LogP contribution in [0.1, 0.15) is 80.0 Å². The van der Waals surface area contributed by atoms with E-state index in [1.807, 2.05) is 0 Å². The molecular formula is C36H42Cl2Zr. The molecule has 0 saturated heterocycles. The predicted molar refractivity (Wildman–Crippen MR) is 159 cm³/mol. The summed E-state index contributed by atoms with van der Waals surface area (Å²) in [5, 5.41) is 0. The third kappa shape index (κ3) is 5.80. The van der Waals surface area contributed by atoms with E-state index in [1.165, 1.54) is 50.9 Å². The van der Waals surface area contributed by atoms with Crippen LogP contribution in [0.25, 0.3) is 11.1 Å². The van der Waals surface area contributed by atoms with E-state index in [0.29, 0.717) is 5.92 Å². The summed E-state index contributed by atoms with van der Waals surface area (Å²) >= 11 is -2.51. The van der Waals surface area contributed by atoms with Gasteiger partial charge in [-0.15, -0.1) is 0 Å². The minimum atomic E-state index is -2.51. The third-order valence-corrected chi connectivity index (χ3v) is 17.0. The monoisotopic (exact) mass is 634 g/mol. The topological polar surface area (TPSA) is 0 Å². The first-order valence-corrected chi connectivity index (χ1v) is 17.6. The summed E-state index contributed by atoms with van der Waals surface area (Å²) < 4.78 is 5.18. The van der Waals surface area contributed by atoms with Gasteiger partial charge in [-0.25, -0.2) is 0 Å². The summed E-state index contributed by atoms with van der Waals surface area (Å²) in [6.45, 7) is 21.3. The molecule has 0 aromatic heterocycles. The van der Waals surface area contributed by atoms with Crippen molar-refractivity contribution in [2.45, 2.75) is 75.2 Å². The van der Waals surface area contributed by atoms with Crippen molar-refractivity contribution in [3.63, 3.8) is 0 Å². The predicted octanol–water partition coefficient (Wildman–Crippen LogP) is 2.88. The second-order valence-electron chi connectivity index (χ2n) is 12.3. The first-order chi connectivity index (χ1) is 17.5.